The van der Waals surface area contributed by atoms with Crippen LogP contribution < -0.4 is 4.74 Å². The van der Waals surface area contributed by atoms with E-state index >= 15 is 0 Å². The standard InChI is InChI=1S/C32H48N2O7/c1-30(2,3)41-29(35)34-15-13-21(22(20-34)14-16-38-31(4,5)37-9)17-27-28(40-32(6,7)39-27)24-11-10-12-26-25(24)18-23(36-8)19-33-26/h10-12,18-19,21-22,27-28H,13-17,20H2,1-9H3/t21-,22-,27+,28?/m0/s1. The van der Waals surface area contributed by atoms with Crippen LogP contribution in [0.3, 0.4) is 0 Å². The number of aromatic nitrogens is 1. The Labute approximate surface area is 244 Å². The molecule has 9 heteroatoms. The molecule has 228 valence electrons. The summed E-state index contributed by atoms with van der Waals surface area (Å²) in [4.78, 5) is 19.4. The van der Waals surface area contributed by atoms with Gasteiger partial charge in [-0.15, -0.1) is 0 Å². The molecule has 0 radical (unpaired) electrons. The number of likely N-dealkylation sites (tertiary alicyclic amines) is 1. The van der Waals surface area contributed by atoms with E-state index in [4.69, 9.17) is 28.4 Å². The maximum absolute atomic E-state index is 13.0. The third kappa shape index (κ3) is 8.09. The molecule has 0 N–H and O–H groups in total. The number of hydrogen-bond donors (Lipinski definition) is 0. The molecule has 4 rings (SSSR count). The third-order valence-corrected chi connectivity index (χ3v) is 7.97. The van der Waals surface area contributed by atoms with Crippen molar-refractivity contribution in [2.24, 2.45) is 11.8 Å². The highest BCUT2D eigenvalue weighted by molar-refractivity contribution is 5.83. The number of nitrogens with zero attached hydrogens (tertiary/aromatic N) is 2. The number of piperidine rings is 1. The van der Waals surface area contributed by atoms with Crippen molar-refractivity contribution in [3.63, 3.8) is 0 Å². The molecule has 4 atom stereocenters. The van der Waals surface area contributed by atoms with Gasteiger partial charge in [0.15, 0.2) is 11.6 Å². The summed E-state index contributed by atoms with van der Waals surface area (Å²) < 4.78 is 35.8. The number of carbonyl (C=O) groups is 1. The number of hydrogen-bond acceptors (Lipinski definition) is 8. The molecule has 1 unspecified atom stereocenters. The van der Waals surface area contributed by atoms with Gasteiger partial charge in [0, 0.05) is 25.6 Å². The Morgan fingerprint density at radius 1 is 1.12 bits per heavy atom. The minimum Gasteiger partial charge on any atom is -0.495 e. The van der Waals surface area contributed by atoms with E-state index in [1.54, 1.807) is 20.4 Å². The van der Waals surface area contributed by atoms with Gasteiger partial charge in [0.05, 0.1) is 31.5 Å². The average molecular weight is 573 g/mol. The number of pyridine rings is 1. The van der Waals surface area contributed by atoms with Crippen LogP contribution >= 0.6 is 0 Å². The van der Waals surface area contributed by atoms with Crippen molar-refractivity contribution >= 4 is 17.0 Å². The first-order valence-electron chi connectivity index (χ1n) is 14.7. The maximum atomic E-state index is 13.0. The zero-order valence-corrected chi connectivity index (χ0v) is 26.2. The van der Waals surface area contributed by atoms with Crippen molar-refractivity contribution in [1.29, 1.82) is 0 Å². The third-order valence-electron chi connectivity index (χ3n) is 7.97. The highest BCUT2D eigenvalue weighted by Gasteiger charge is 2.45. The van der Waals surface area contributed by atoms with Gasteiger partial charge in [-0.25, -0.2) is 4.79 Å². The van der Waals surface area contributed by atoms with Crippen LogP contribution in [0.5, 0.6) is 5.75 Å². The van der Waals surface area contributed by atoms with Crippen molar-refractivity contribution in [3.05, 3.63) is 36.0 Å². The number of carbonyl (C=O) groups excluding carboxylic acids is 1. The SMILES string of the molecule is COc1cnc2cccc(C3OC(C)(C)O[C@@H]3C[C@@H]3CCN(C(=O)OC(C)(C)C)C[C@@H]3CCOC(C)(C)OC)c2c1. The number of methoxy groups -OCH3 is 2. The summed E-state index contributed by atoms with van der Waals surface area (Å²) in [7, 11) is 3.29. The highest BCUT2D eigenvalue weighted by Crippen LogP contribution is 2.45. The van der Waals surface area contributed by atoms with Crippen LogP contribution in [0.4, 0.5) is 4.79 Å². The molecule has 1 amide bonds. The molecule has 0 saturated carbocycles. The van der Waals surface area contributed by atoms with E-state index in [1.807, 2.05) is 71.6 Å². The minimum absolute atomic E-state index is 0.168. The first kappa shape index (κ1) is 31.5. The largest absolute Gasteiger partial charge is 0.495 e. The molecule has 9 nitrogen and oxygen atoms in total. The molecule has 2 aliphatic rings. The number of ether oxygens (including phenoxy) is 6. The van der Waals surface area contributed by atoms with Crippen molar-refractivity contribution in [1.82, 2.24) is 9.88 Å². The van der Waals surface area contributed by atoms with Gasteiger partial charge in [0.2, 0.25) is 0 Å². The maximum Gasteiger partial charge on any atom is 0.410 e. The fourth-order valence-corrected chi connectivity index (χ4v) is 5.81. The summed E-state index contributed by atoms with van der Waals surface area (Å²) in [5, 5.41) is 0.995. The summed E-state index contributed by atoms with van der Waals surface area (Å²) in [5.41, 5.74) is 1.38. The Kier molecular flexibility index (Phi) is 9.53. The van der Waals surface area contributed by atoms with Crippen LogP contribution in [0.1, 0.15) is 79.4 Å². The molecule has 2 saturated heterocycles. The van der Waals surface area contributed by atoms with Crippen molar-refractivity contribution in [3.8, 4) is 5.75 Å². The summed E-state index contributed by atoms with van der Waals surface area (Å²) in [5.74, 6) is -0.201. The Bertz CT molecular complexity index is 1190. The van der Waals surface area contributed by atoms with Crippen LogP contribution in [0.2, 0.25) is 0 Å². The predicted molar refractivity (Wildman–Crippen MR) is 157 cm³/mol. The number of rotatable bonds is 9. The minimum atomic E-state index is -0.734. The van der Waals surface area contributed by atoms with Gasteiger partial charge in [0.25, 0.3) is 0 Å². The van der Waals surface area contributed by atoms with Gasteiger partial charge in [0.1, 0.15) is 17.5 Å². The predicted octanol–water partition coefficient (Wildman–Crippen LogP) is 6.49. The van der Waals surface area contributed by atoms with Gasteiger partial charge < -0.3 is 33.3 Å². The van der Waals surface area contributed by atoms with Gasteiger partial charge in [-0.3, -0.25) is 4.98 Å². The number of fused-ring (bicyclic) bond motifs is 1. The summed E-state index contributed by atoms with van der Waals surface area (Å²) in [6.07, 6.45) is 3.45. The average Bonchev–Trinajstić information content (AvgIpc) is 3.21. The summed E-state index contributed by atoms with van der Waals surface area (Å²) >= 11 is 0. The van der Waals surface area contributed by atoms with Gasteiger partial charge >= 0.3 is 6.09 Å². The fraction of sp³-hybridized carbons (Fsp3) is 0.688. The quantitative estimate of drug-likeness (QED) is 0.315. The zero-order chi connectivity index (χ0) is 30.0. The molecule has 2 fully saturated rings. The van der Waals surface area contributed by atoms with Gasteiger partial charge in [-0.1, -0.05) is 12.1 Å². The Morgan fingerprint density at radius 3 is 2.56 bits per heavy atom. The van der Waals surface area contributed by atoms with E-state index in [2.05, 4.69) is 11.1 Å². The summed E-state index contributed by atoms with van der Waals surface area (Å²) in [6, 6.07) is 8.12. The molecule has 2 aliphatic heterocycles. The highest BCUT2D eigenvalue weighted by atomic mass is 16.8. The first-order chi connectivity index (χ1) is 19.2. The lowest BCUT2D eigenvalue weighted by molar-refractivity contribution is -0.200. The topological polar surface area (TPSA) is 88.6 Å². The number of benzene rings is 1. The molecule has 41 heavy (non-hydrogen) atoms. The first-order valence-corrected chi connectivity index (χ1v) is 14.7. The van der Waals surface area contributed by atoms with Crippen LogP contribution in [0, 0.1) is 11.8 Å². The lowest BCUT2D eigenvalue weighted by atomic mass is 9.78. The monoisotopic (exact) mass is 572 g/mol. The second-order valence-electron chi connectivity index (χ2n) is 13.1. The summed E-state index contributed by atoms with van der Waals surface area (Å²) in [6.45, 7) is 15.2. The van der Waals surface area contributed by atoms with Gasteiger partial charge in [-0.2, -0.15) is 0 Å². The molecule has 0 spiro atoms. The molecule has 3 heterocycles. The molecule has 1 aromatic heterocycles. The van der Waals surface area contributed by atoms with Crippen LogP contribution in [0.15, 0.2) is 30.5 Å². The van der Waals surface area contributed by atoms with E-state index in [9.17, 15) is 4.79 Å². The smallest absolute Gasteiger partial charge is 0.410 e. The number of amides is 1. The Balaban J connectivity index is 1.57. The lowest BCUT2D eigenvalue weighted by Crippen LogP contribution is -2.47. The molecular formula is C32H48N2O7. The van der Waals surface area contributed by atoms with E-state index in [0.717, 1.165) is 35.7 Å². The molecular weight excluding hydrogens is 524 g/mol. The zero-order valence-electron chi connectivity index (χ0n) is 26.2. The van der Waals surface area contributed by atoms with Crippen molar-refractivity contribution < 1.29 is 33.2 Å². The van der Waals surface area contributed by atoms with Crippen molar-refractivity contribution in [2.45, 2.75) is 97.1 Å². The normalized spacial score (nSPS) is 25.0. The Hall–Kier alpha value is -2.46. The van der Waals surface area contributed by atoms with E-state index in [1.165, 1.54) is 0 Å². The second-order valence-corrected chi connectivity index (χ2v) is 13.1. The van der Waals surface area contributed by atoms with Crippen LogP contribution in [-0.4, -0.2) is 73.2 Å². The van der Waals surface area contributed by atoms with E-state index < -0.39 is 17.2 Å². The van der Waals surface area contributed by atoms with E-state index in [-0.39, 0.29) is 24.2 Å². The Morgan fingerprint density at radius 2 is 1.88 bits per heavy atom. The van der Waals surface area contributed by atoms with Gasteiger partial charge in [-0.05, 0) is 97.3 Å². The van der Waals surface area contributed by atoms with E-state index in [0.29, 0.717) is 31.4 Å². The van der Waals surface area contributed by atoms with Crippen LogP contribution in [0.25, 0.3) is 10.9 Å². The second kappa shape index (κ2) is 12.4. The molecule has 2 aromatic rings. The molecule has 0 bridgehead atoms. The fourth-order valence-electron chi connectivity index (χ4n) is 5.81. The molecule has 1 aromatic carbocycles. The molecule has 0 aliphatic carbocycles. The van der Waals surface area contributed by atoms with Crippen molar-refractivity contribution in [2.75, 3.05) is 33.9 Å². The lowest BCUT2D eigenvalue weighted by Gasteiger charge is -2.40. The van der Waals surface area contributed by atoms with Crippen LogP contribution in [-0.2, 0) is 23.7 Å².